The molecule has 0 spiro atoms. The maximum absolute atomic E-state index is 12.7. The first-order chi connectivity index (χ1) is 13.9. The number of sulfone groups is 1. The number of esters is 1. The summed E-state index contributed by atoms with van der Waals surface area (Å²) in [6, 6.07) is 2.86. The zero-order valence-electron chi connectivity index (χ0n) is 17.0. The zero-order valence-corrected chi connectivity index (χ0v) is 18.7. The van der Waals surface area contributed by atoms with Gasteiger partial charge in [-0.05, 0) is 38.0 Å². The second-order valence-electron chi connectivity index (χ2n) is 7.10. The molecule has 1 aromatic carbocycles. The van der Waals surface area contributed by atoms with Crippen LogP contribution in [0.15, 0.2) is 23.1 Å². The normalized spacial score (nSPS) is 19.1. The smallest absolute Gasteiger partial charge is 0.338 e. The predicted octanol–water partition coefficient (Wildman–Crippen LogP) is 0.314. The molecule has 1 aromatic rings. The number of methoxy groups -OCH3 is 1. The highest BCUT2D eigenvalue weighted by Crippen LogP contribution is 2.25. The van der Waals surface area contributed by atoms with E-state index >= 15 is 0 Å². The van der Waals surface area contributed by atoms with E-state index in [2.05, 4.69) is 0 Å². The lowest BCUT2D eigenvalue weighted by Crippen LogP contribution is -2.48. The Morgan fingerprint density at radius 1 is 1.33 bits per heavy atom. The van der Waals surface area contributed by atoms with Crippen molar-refractivity contribution in [1.82, 2.24) is 4.90 Å². The van der Waals surface area contributed by atoms with Gasteiger partial charge in [-0.25, -0.2) is 26.8 Å². The van der Waals surface area contributed by atoms with Crippen LogP contribution in [0.3, 0.4) is 0 Å². The van der Waals surface area contributed by atoms with Gasteiger partial charge in [0.05, 0.1) is 24.2 Å². The highest BCUT2D eigenvalue weighted by Gasteiger charge is 2.36. The SMILES string of the molecule is CCC(C)N(C(=O)COC(=O)c1ccc(OC)c(S(N)(=O)=O)c1)C1CCS(=O)(=O)C1. The van der Waals surface area contributed by atoms with Crippen LogP contribution in [0.5, 0.6) is 5.75 Å². The van der Waals surface area contributed by atoms with E-state index in [1.165, 1.54) is 24.1 Å². The Balaban J connectivity index is 2.15. The Bertz CT molecular complexity index is 1020. The molecule has 2 atom stereocenters. The van der Waals surface area contributed by atoms with Gasteiger partial charge in [-0.1, -0.05) is 6.92 Å². The summed E-state index contributed by atoms with van der Waals surface area (Å²) in [7, 11) is -6.09. The molecule has 1 heterocycles. The summed E-state index contributed by atoms with van der Waals surface area (Å²) in [6.07, 6.45) is 0.939. The minimum atomic E-state index is -4.15. The van der Waals surface area contributed by atoms with Crippen molar-refractivity contribution in [3.05, 3.63) is 23.8 Å². The van der Waals surface area contributed by atoms with Gasteiger partial charge in [0.2, 0.25) is 10.0 Å². The van der Waals surface area contributed by atoms with Gasteiger partial charge in [-0.15, -0.1) is 0 Å². The third-order valence-electron chi connectivity index (χ3n) is 4.99. The van der Waals surface area contributed by atoms with Gasteiger partial charge in [-0.2, -0.15) is 0 Å². The number of hydrogen-bond donors (Lipinski definition) is 1. The molecule has 12 heteroatoms. The van der Waals surface area contributed by atoms with Gasteiger partial charge in [0.1, 0.15) is 10.6 Å². The number of carbonyl (C=O) groups is 2. The number of ether oxygens (including phenoxy) is 2. The van der Waals surface area contributed by atoms with Gasteiger partial charge in [0, 0.05) is 12.1 Å². The monoisotopic (exact) mass is 462 g/mol. The Hall–Kier alpha value is -2.18. The molecular formula is C18H26N2O8S2. The van der Waals surface area contributed by atoms with Crippen LogP contribution >= 0.6 is 0 Å². The van der Waals surface area contributed by atoms with Crippen molar-refractivity contribution in [1.29, 1.82) is 0 Å². The average molecular weight is 463 g/mol. The molecule has 1 amide bonds. The van der Waals surface area contributed by atoms with Crippen molar-refractivity contribution in [3.63, 3.8) is 0 Å². The Morgan fingerprint density at radius 2 is 2.00 bits per heavy atom. The van der Waals surface area contributed by atoms with Gasteiger partial charge >= 0.3 is 5.97 Å². The lowest BCUT2D eigenvalue weighted by Gasteiger charge is -2.33. The average Bonchev–Trinajstić information content (AvgIpc) is 3.03. The first-order valence-electron chi connectivity index (χ1n) is 9.29. The van der Waals surface area contributed by atoms with Crippen LogP contribution in [0.25, 0.3) is 0 Å². The summed E-state index contributed by atoms with van der Waals surface area (Å²) in [5, 5.41) is 5.13. The second-order valence-corrected chi connectivity index (χ2v) is 10.9. The number of rotatable bonds is 8. The number of sulfonamides is 1. The quantitative estimate of drug-likeness (QED) is 0.542. The Morgan fingerprint density at radius 3 is 2.50 bits per heavy atom. The molecule has 2 rings (SSSR count). The number of primary sulfonamides is 1. The third kappa shape index (κ3) is 5.70. The number of nitrogens with two attached hydrogens (primary N) is 1. The first kappa shape index (κ1) is 24.1. The summed E-state index contributed by atoms with van der Waals surface area (Å²) < 4.78 is 57.0. The number of amides is 1. The van der Waals surface area contributed by atoms with Crippen LogP contribution in [-0.4, -0.2) is 70.9 Å². The second kappa shape index (κ2) is 9.31. The molecule has 2 unspecified atom stereocenters. The lowest BCUT2D eigenvalue weighted by atomic mass is 10.1. The van der Waals surface area contributed by atoms with Crippen LogP contribution in [0, 0.1) is 0 Å². The predicted molar refractivity (Wildman–Crippen MR) is 108 cm³/mol. The van der Waals surface area contributed by atoms with Crippen molar-refractivity contribution in [2.24, 2.45) is 5.14 Å². The highest BCUT2D eigenvalue weighted by atomic mass is 32.2. The van der Waals surface area contributed by atoms with E-state index in [-0.39, 0.29) is 33.8 Å². The Kier molecular flexibility index (Phi) is 7.48. The van der Waals surface area contributed by atoms with Gasteiger partial charge < -0.3 is 14.4 Å². The van der Waals surface area contributed by atoms with Gasteiger partial charge in [-0.3, -0.25) is 4.79 Å². The van der Waals surface area contributed by atoms with Crippen molar-refractivity contribution < 1.29 is 35.9 Å². The summed E-state index contributed by atoms with van der Waals surface area (Å²) in [5.41, 5.74) is -0.119. The summed E-state index contributed by atoms with van der Waals surface area (Å²) in [4.78, 5) is 26.1. The number of nitrogens with zero attached hydrogens (tertiary/aromatic N) is 1. The van der Waals surface area contributed by atoms with Crippen molar-refractivity contribution in [2.45, 2.75) is 43.7 Å². The minimum Gasteiger partial charge on any atom is -0.495 e. The molecule has 0 aromatic heterocycles. The van der Waals surface area contributed by atoms with Crippen LogP contribution in [0.2, 0.25) is 0 Å². The molecule has 0 bridgehead atoms. The van der Waals surface area contributed by atoms with Crippen LogP contribution in [-0.2, 0) is 29.4 Å². The molecule has 1 aliphatic heterocycles. The maximum Gasteiger partial charge on any atom is 0.338 e. The molecule has 0 radical (unpaired) electrons. The van der Waals surface area contributed by atoms with E-state index in [9.17, 15) is 26.4 Å². The third-order valence-corrected chi connectivity index (χ3v) is 7.67. The number of benzene rings is 1. The fraction of sp³-hybridized carbons (Fsp3) is 0.556. The van der Waals surface area contributed by atoms with Crippen LogP contribution in [0.1, 0.15) is 37.0 Å². The summed E-state index contributed by atoms with van der Waals surface area (Å²) in [5.74, 6) is -1.57. The Labute approximate surface area is 176 Å². The molecule has 0 saturated carbocycles. The molecular weight excluding hydrogens is 436 g/mol. The van der Waals surface area contributed by atoms with Gasteiger partial charge in [0.25, 0.3) is 5.91 Å². The van der Waals surface area contributed by atoms with Crippen LogP contribution < -0.4 is 9.88 Å². The largest absolute Gasteiger partial charge is 0.495 e. The topological polar surface area (TPSA) is 150 Å². The molecule has 168 valence electrons. The van der Waals surface area contributed by atoms with E-state index < -0.39 is 44.4 Å². The van der Waals surface area contributed by atoms with E-state index in [1.807, 2.05) is 6.92 Å². The molecule has 2 N–H and O–H groups in total. The summed E-state index contributed by atoms with van der Waals surface area (Å²) in [6.45, 7) is 3.07. The molecule has 1 fully saturated rings. The molecule has 30 heavy (non-hydrogen) atoms. The summed E-state index contributed by atoms with van der Waals surface area (Å²) >= 11 is 0. The first-order valence-corrected chi connectivity index (χ1v) is 12.7. The fourth-order valence-corrected chi connectivity index (χ4v) is 5.75. The number of hydrogen-bond acceptors (Lipinski definition) is 8. The van der Waals surface area contributed by atoms with Crippen LogP contribution in [0.4, 0.5) is 0 Å². The molecule has 1 aliphatic rings. The zero-order chi connectivity index (χ0) is 22.7. The van der Waals surface area contributed by atoms with Crippen molar-refractivity contribution in [3.8, 4) is 5.75 Å². The number of carbonyl (C=O) groups excluding carboxylic acids is 2. The lowest BCUT2D eigenvalue weighted by molar-refractivity contribution is -0.138. The van der Waals surface area contributed by atoms with E-state index in [4.69, 9.17) is 14.6 Å². The van der Waals surface area contributed by atoms with E-state index in [1.54, 1.807) is 6.92 Å². The van der Waals surface area contributed by atoms with Crippen molar-refractivity contribution in [2.75, 3.05) is 25.2 Å². The molecule has 0 aliphatic carbocycles. The molecule has 1 saturated heterocycles. The standard InChI is InChI=1S/C18H26N2O8S2/c1-4-12(2)20(14-7-8-29(23,24)11-14)17(21)10-28-18(22)13-5-6-15(27-3)16(9-13)30(19,25)26/h5-6,9,12,14H,4,7-8,10-11H2,1-3H3,(H2,19,25,26). The minimum absolute atomic E-state index is 0.0137. The van der Waals surface area contributed by atoms with Gasteiger partial charge in [0.15, 0.2) is 16.4 Å². The van der Waals surface area contributed by atoms with E-state index in [0.717, 1.165) is 6.07 Å². The maximum atomic E-state index is 12.7. The van der Waals surface area contributed by atoms with Crippen molar-refractivity contribution >= 4 is 31.7 Å². The molecule has 10 nitrogen and oxygen atoms in total. The highest BCUT2D eigenvalue weighted by molar-refractivity contribution is 7.91. The fourth-order valence-electron chi connectivity index (χ4n) is 3.31. The van der Waals surface area contributed by atoms with E-state index in [0.29, 0.717) is 12.8 Å².